The molecular formula is C20H24ClF3N2O. The number of ether oxygens (including phenoxy) is 1. The molecule has 0 unspecified atom stereocenters. The van der Waals surface area contributed by atoms with Gasteiger partial charge in [-0.2, -0.15) is 13.2 Å². The van der Waals surface area contributed by atoms with E-state index in [1.165, 1.54) is 0 Å². The van der Waals surface area contributed by atoms with Crippen LogP contribution >= 0.6 is 12.4 Å². The lowest BCUT2D eigenvalue weighted by atomic mass is 9.81. The molecule has 27 heavy (non-hydrogen) atoms. The Balaban J connectivity index is 0.00000261. The van der Waals surface area contributed by atoms with Crippen molar-refractivity contribution in [1.82, 2.24) is 5.01 Å². The molecule has 7 heteroatoms. The molecule has 2 atom stereocenters. The van der Waals surface area contributed by atoms with Crippen LogP contribution in [0.5, 0.6) is 5.75 Å². The van der Waals surface area contributed by atoms with E-state index in [1.807, 2.05) is 35.3 Å². The quantitative estimate of drug-likeness (QED) is 0.724. The number of nitrogens with two attached hydrogens (primary N) is 1. The molecule has 1 saturated heterocycles. The van der Waals surface area contributed by atoms with E-state index in [0.717, 1.165) is 30.5 Å². The molecule has 0 radical (unpaired) electrons. The van der Waals surface area contributed by atoms with Crippen molar-refractivity contribution in [2.75, 3.05) is 13.2 Å². The Morgan fingerprint density at radius 1 is 1.04 bits per heavy atom. The number of piperidine rings is 1. The molecule has 1 fully saturated rings. The normalized spacial score (nSPS) is 20.7. The summed E-state index contributed by atoms with van der Waals surface area (Å²) in [5, 5.41) is 1.85. The molecule has 1 aliphatic heterocycles. The van der Waals surface area contributed by atoms with Crippen LogP contribution < -0.4 is 10.6 Å². The lowest BCUT2D eigenvalue weighted by molar-refractivity contribution is -0.153. The second kappa shape index (κ2) is 9.44. The number of para-hydroxylation sites is 1. The fourth-order valence-corrected chi connectivity index (χ4v) is 3.69. The van der Waals surface area contributed by atoms with E-state index in [-0.39, 0.29) is 24.4 Å². The summed E-state index contributed by atoms with van der Waals surface area (Å²) in [7, 11) is 0. The minimum atomic E-state index is -4.35. The molecule has 3 rings (SSSR count). The van der Waals surface area contributed by atoms with Gasteiger partial charge in [0.05, 0.1) is 6.04 Å². The van der Waals surface area contributed by atoms with Crippen LogP contribution in [0.2, 0.25) is 0 Å². The highest BCUT2D eigenvalue weighted by Crippen LogP contribution is 2.37. The minimum absolute atomic E-state index is 0. The standard InChI is InChI=1S/C20H23F3N2O.ClH/c21-20(22,23)14-26-18-11-5-4-9-16(18)13-17-10-6-12-25(24)19(17)15-7-2-1-3-8-15;/h1-5,7-9,11,17,19H,6,10,12-14,24H2;1H/t17-,19+;/m0./s1. The van der Waals surface area contributed by atoms with Crippen LogP contribution in [0.1, 0.15) is 30.0 Å². The fourth-order valence-electron chi connectivity index (χ4n) is 3.69. The van der Waals surface area contributed by atoms with Gasteiger partial charge in [0.2, 0.25) is 0 Å². The van der Waals surface area contributed by atoms with Crippen molar-refractivity contribution in [2.24, 2.45) is 11.8 Å². The average molecular weight is 401 g/mol. The zero-order chi connectivity index (χ0) is 18.6. The molecule has 1 heterocycles. The highest BCUT2D eigenvalue weighted by molar-refractivity contribution is 5.85. The summed E-state index contributed by atoms with van der Waals surface area (Å²) >= 11 is 0. The van der Waals surface area contributed by atoms with E-state index in [0.29, 0.717) is 12.2 Å². The number of rotatable bonds is 5. The Morgan fingerprint density at radius 3 is 2.41 bits per heavy atom. The number of hydrogen-bond acceptors (Lipinski definition) is 3. The number of alkyl halides is 3. The Morgan fingerprint density at radius 2 is 1.70 bits per heavy atom. The molecular weight excluding hydrogens is 377 g/mol. The van der Waals surface area contributed by atoms with Crippen molar-refractivity contribution in [3.8, 4) is 5.75 Å². The number of hydrogen-bond donors (Lipinski definition) is 1. The summed E-state index contributed by atoms with van der Waals surface area (Å²) in [5.41, 5.74) is 1.92. The Bertz CT molecular complexity index is 712. The summed E-state index contributed by atoms with van der Waals surface area (Å²) in [5.74, 6) is 6.77. The first-order valence-corrected chi connectivity index (χ1v) is 8.78. The first-order chi connectivity index (χ1) is 12.4. The van der Waals surface area contributed by atoms with Crippen molar-refractivity contribution in [3.05, 3.63) is 65.7 Å². The van der Waals surface area contributed by atoms with Crippen molar-refractivity contribution < 1.29 is 17.9 Å². The first-order valence-electron chi connectivity index (χ1n) is 8.78. The highest BCUT2D eigenvalue weighted by Gasteiger charge is 2.32. The number of benzene rings is 2. The van der Waals surface area contributed by atoms with E-state index in [4.69, 9.17) is 10.6 Å². The van der Waals surface area contributed by atoms with Gasteiger partial charge in [-0.1, -0.05) is 48.5 Å². The molecule has 2 aromatic rings. The Kier molecular flexibility index (Phi) is 7.53. The first kappa shape index (κ1) is 21.5. The van der Waals surface area contributed by atoms with E-state index < -0.39 is 12.8 Å². The summed E-state index contributed by atoms with van der Waals surface area (Å²) in [4.78, 5) is 0. The second-order valence-electron chi connectivity index (χ2n) is 6.71. The molecule has 1 aliphatic rings. The highest BCUT2D eigenvalue weighted by atomic mass is 35.5. The van der Waals surface area contributed by atoms with Gasteiger partial charge in [0.1, 0.15) is 5.75 Å². The second-order valence-corrected chi connectivity index (χ2v) is 6.71. The van der Waals surface area contributed by atoms with Crippen LogP contribution in [0, 0.1) is 5.92 Å². The Labute approximate surface area is 163 Å². The average Bonchev–Trinajstić information content (AvgIpc) is 2.61. The smallest absolute Gasteiger partial charge is 0.422 e. The van der Waals surface area contributed by atoms with Crippen molar-refractivity contribution in [1.29, 1.82) is 0 Å². The molecule has 0 saturated carbocycles. The molecule has 0 aromatic heterocycles. The third-order valence-corrected chi connectivity index (χ3v) is 4.78. The van der Waals surface area contributed by atoms with E-state index >= 15 is 0 Å². The van der Waals surface area contributed by atoms with Gasteiger partial charge in [0.15, 0.2) is 6.61 Å². The topological polar surface area (TPSA) is 38.5 Å². The van der Waals surface area contributed by atoms with Crippen molar-refractivity contribution in [3.63, 3.8) is 0 Å². The van der Waals surface area contributed by atoms with Gasteiger partial charge in [-0.05, 0) is 42.4 Å². The molecule has 2 aromatic carbocycles. The van der Waals surface area contributed by atoms with Crippen LogP contribution in [0.25, 0.3) is 0 Å². The van der Waals surface area contributed by atoms with Crippen LogP contribution in [-0.2, 0) is 6.42 Å². The predicted octanol–water partition coefficient (Wildman–Crippen LogP) is 4.92. The molecule has 0 spiro atoms. The summed E-state index contributed by atoms with van der Waals surface area (Å²) in [6, 6.07) is 17.0. The number of hydrazine groups is 1. The van der Waals surface area contributed by atoms with Gasteiger partial charge in [0.25, 0.3) is 0 Å². The maximum Gasteiger partial charge on any atom is 0.422 e. The fraction of sp³-hybridized carbons (Fsp3) is 0.400. The van der Waals surface area contributed by atoms with Gasteiger partial charge in [-0.3, -0.25) is 5.84 Å². The number of nitrogens with zero attached hydrogens (tertiary/aromatic N) is 1. The van der Waals surface area contributed by atoms with Crippen LogP contribution in [0.15, 0.2) is 54.6 Å². The van der Waals surface area contributed by atoms with Gasteiger partial charge >= 0.3 is 6.18 Å². The van der Waals surface area contributed by atoms with E-state index in [2.05, 4.69) is 12.1 Å². The van der Waals surface area contributed by atoms with Crippen molar-refractivity contribution >= 4 is 12.4 Å². The van der Waals surface area contributed by atoms with Gasteiger partial charge in [0, 0.05) is 6.54 Å². The minimum Gasteiger partial charge on any atom is -0.484 e. The van der Waals surface area contributed by atoms with Crippen LogP contribution in [0.3, 0.4) is 0 Å². The van der Waals surface area contributed by atoms with Gasteiger partial charge < -0.3 is 4.74 Å². The maximum atomic E-state index is 12.5. The largest absolute Gasteiger partial charge is 0.484 e. The molecule has 0 bridgehead atoms. The zero-order valence-electron chi connectivity index (χ0n) is 14.9. The summed E-state index contributed by atoms with van der Waals surface area (Å²) in [6.07, 6.45) is -1.78. The monoisotopic (exact) mass is 400 g/mol. The van der Waals surface area contributed by atoms with Gasteiger partial charge in [-0.25, -0.2) is 5.01 Å². The molecule has 3 nitrogen and oxygen atoms in total. The molecule has 0 amide bonds. The molecule has 2 N–H and O–H groups in total. The lowest BCUT2D eigenvalue weighted by Gasteiger charge is -2.39. The number of halogens is 4. The lowest BCUT2D eigenvalue weighted by Crippen LogP contribution is -2.44. The molecule has 148 valence electrons. The van der Waals surface area contributed by atoms with Crippen LogP contribution in [0.4, 0.5) is 13.2 Å². The maximum absolute atomic E-state index is 12.5. The Hall–Kier alpha value is -1.76. The molecule has 0 aliphatic carbocycles. The predicted molar refractivity (Wildman–Crippen MR) is 102 cm³/mol. The van der Waals surface area contributed by atoms with E-state index in [9.17, 15) is 13.2 Å². The zero-order valence-corrected chi connectivity index (χ0v) is 15.7. The SMILES string of the molecule is Cl.NN1CCC[C@@H](Cc2ccccc2OCC(F)(F)F)[C@H]1c1ccccc1. The third-order valence-electron chi connectivity index (χ3n) is 4.78. The summed E-state index contributed by atoms with van der Waals surface area (Å²) in [6.45, 7) is -0.470. The van der Waals surface area contributed by atoms with Gasteiger partial charge in [-0.15, -0.1) is 12.4 Å². The summed E-state index contributed by atoms with van der Waals surface area (Å²) < 4.78 is 42.6. The van der Waals surface area contributed by atoms with Crippen molar-refractivity contribution in [2.45, 2.75) is 31.5 Å². The van der Waals surface area contributed by atoms with E-state index in [1.54, 1.807) is 12.1 Å². The third kappa shape index (κ3) is 5.86. The van der Waals surface area contributed by atoms with Crippen LogP contribution in [-0.4, -0.2) is 24.3 Å².